The van der Waals surface area contributed by atoms with Gasteiger partial charge in [0.1, 0.15) is 11.6 Å². The lowest BCUT2D eigenvalue weighted by Gasteiger charge is -2.08. The topological polar surface area (TPSA) is 61.0 Å². The monoisotopic (exact) mass is 265 g/mol. The fourth-order valence-electron chi connectivity index (χ4n) is 2.26. The predicted octanol–water partition coefficient (Wildman–Crippen LogP) is 3.20. The predicted molar refractivity (Wildman–Crippen MR) is 80.7 cm³/mol. The van der Waals surface area contributed by atoms with E-state index in [0.29, 0.717) is 11.6 Å². The van der Waals surface area contributed by atoms with E-state index in [1.54, 1.807) is 7.11 Å². The number of hydrogen-bond acceptors (Lipinski definition) is 4. The minimum absolute atomic E-state index is 0.513. The van der Waals surface area contributed by atoms with Gasteiger partial charge in [-0.1, -0.05) is 12.1 Å². The van der Waals surface area contributed by atoms with Crippen LogP contribution < -0.4 is 10.5 Å². The molecule has 3 aromatic rings. The lowest BCUT2D eigenvalue weighted by Crippen LogP contribution is -1.99. The van der Waals surface area contributed by atoms with Gasteiger partial charge >= 0.3 is 0 Å². The summed E-state index contributed by atoms with van der Waals surface area (Å²) in [4.78, 5) is 9.00. The smallest absolute Gasteiger partial charge is 0.162 e. The Morgan fingerprint density at radius 3 is 2.45 bits per heavy atom. The zero-order valence-corrected chi connectivity index (χ0v) is 11.4. The molecule has 4 heteroatoms. The van der Waals surface area contributed by atoms with Gasteiger partial charge in [0.05, 0.1) is 12.6 Å². The number of rotatable bonds is 2. The number of methoxy groups -OCH3 is 1. The van der Waals surface area contributed by atoms with Crippen molar-refractivity contribution in [1.29, 1.82) is 0 Å². The molecule has 2 aromatic carbocycles. The summed E-state index contributed by atoms with van der Waals surface area (Å²) in [7, 11) is 1.64. The van der Waals surface area contributed by atoms with Crippen LogP contribution >= 0.6 is 0 Å². The third-order valence-electron chi connectivity index (χ3n) is 3.31. The minimum Gasteiger partial charge on any atom is -0.497 e. The SMILES string of the molecule is COc1ccc(-c2nc(N)c3c(C)cccc3n2)cc1. The van der Waals surface area contributed by atoms with E-state index in [9.17, 15) is 0 Å². The Balaban J connectivity index is 2.17. The van der Waals surface area contributed by atoms with Gasteiger partial charge in [-0.2, -0.15) is 0 Å². The van der Waals surface area contributed by atoms with Crippen LogP contribution in [0.3, 0.4) is 0 Å². The molecule has 4 nitrogen and oxygen atoms in total. The first-order chi connectivity index (χ1) is 9.69. The van der Waals surface area contributed by atoms with Crippen LogP contribution in [0.4, 0.5) is 5.82 Å². The normalized spacial score (nSPS) is 10.7. The van der Waals surface area contributed by atoms with E-state index in [2.05, 4.69) is 9.97 Å². The molecule has 0 unspecified atom stereocenters. The van der Waals surface area contributed by atoms with Crippen molar-refractivity contribution in [3.05, 3.63) is 48.0 Å². The lowest BCUT2D eigenvalue weighted by molar-refractivity contribution is 0.415. The van der Waals surface area contributed by atoms with Crippen LogP contribution in [0.5, 0.6) is 5.75 Å². The second-order valence-electron chi connectivity index (χ2n) is 4.63. The van der Waals surface area contributed by atoms with Crippen molar-refractivity contribution in [3.8, 4) is 17.1 Å². The molecule has 0 aliphatic rings. The molecule has 0 radical (unpaired) electrons. The molecule has 1 heterocycles. The third-order valence-corrected chi connectivity index (χ3v) is 3.31. The second-order valence-corrected chi connectivity index (χ2v) is 4.63. The molecule has 20 heavy (non-hydrogen) atoms. The Morgan fingerprint density at radius 1 is 1.00 bits per heavy atom. The minimum atomic E-state index is 0.513. The molecule has 0 saturated heterocycles. The molecular weight excluding hydrogens is 250 g/mol. The summed E-state index contributed by atoms with van der Waals surface area (Å²) in [6, 6.07) is 13.6. The number of fused-ring (bicyclic) bond motifs is 1. The molecule has 0 aliphatic heterocycles. The highest BCUT2D eigenvalue weighted by atomic mass is 16.5. The third kappa shape index (κ3) is 2.05. The van der Waals surface area contributed by atoms with Crippen molar-refractivity contribution in [1.82, 2.24) is 9.97 Å². The van der Waals surface area contributed by atoms with Crippen LogP contribution in [-0.2, 0) is 0 Å². The number of aromatic nitrogens is 2. The van der Waals surface area contributed by atoms with Gasteiger partial charge in [0.2, 0.25) is 0 Å². The molecule has 0 spiro atoms. The summed E-state index contributed by atoms with van der Waals surface area (Å²) in [6.07, 6.45) is 0. The van der Waals surface area contributed by atoms with E-state index in [1.807, 2.05) is 49.4 Å². The number of ether oxygens (including phenoxy) is 1. The molecule has 3 rings (SSSR count). The molecule has 0 bridgehead atoms. The standard InChI is InChI=1S/C16H15N3O/c1-10-4-3-5-13-14(10)15(17)19-16(18-13)11-6-8-12(20-2)9-7-11/h3-9H,1-2H3,(H2,17,18,19). The molecule has 0 aliphatic carbocycles. The van der Waals surface area contributed by atoms with Crippen molar-refractivity contribution in [2.24, 2.45) is 0 Å². The Kier molecular flexibility index (Phi) is 2.99. The maximum atomic E-state index is 6.08. The van der Waals surface area contributed by atoms with Crippen LogP contribution in [0, 0.1) is 6.92 Å². The van der Waals surface area contributed by atoms with E-state index < -0.39 is 0 Å². The Labute approximate surface area is 117 Å². The van der Waals surface area contributed by atoms with E-state index in [4.69, 9.17) is 10.5 Å². The molecule has 100 valence electrons. The van der Waals surface area contributed by atoms with Gasteiger partial charge in [-0.05, 0) is 42.8 Å². The average Bonchev–Trinajstić information content (AvgIpc) is 2.47. The van der Waals surface area contributed by atoms with E-state index in [0.717, 1.165) is 27.8 Å². The summed E-state index contributed by atoms with van der Waals surface area (Å²) < 4.78 is 5.15. The van der Waals surface area contributed by atoms with Gasteiger partial charge in [-0.3, -0.25) is 0 Å². The van der Waals surface area contributed by atoms with Crippen LogP contribution in [0.1, 0.15) is 5.56 Å². The van der Waals surface area contributed by atoms with Crippen LogP contribution in [0.25, 0.3) is 22.3 Å². The summed E-state index contributed by atoms with van der Waals surface area (Å²) >= 11 is 0. The largest absolute Gasteiger partial charge is 0.497 e. The molecule has 0 saturated carbocycles. The molecule has 0 fully saturated rings. The molecule has 0 atom stereocenters. The molecule has 1 aromatic heterocycles. The lowest BCUT2D eigenvalue weighted by atomic mass is 10.1. The highest BCUT2D eigenvalue weighted by Crippen LogP contribution is 2.26. The van der Waals surface area contributed by atoms with Crippen molar-refractivity contribution >= 4 is 16.7 Å². The molecule has 2 N–H and O–H groups in total. The number of hydrogen-bond donors (Lipinski definition) is 1. The first kappa shape index (κ1) is 12.4. The van der Waals surface area contributed by atoms with Crippen molar-refractivity contribution in [3.63, 3.8) is 0 Å². The fraction of sp³-hybridized carbons (Fsp3) is 0.125. The van der Waals surface area contributed by atoms with E-state index in [1.165, 1.54) is 0 Å². The van der Waals surface area contributed by atoms with Gasteiger partial charge < -0.3 is 10.5 Å². The van der Waals surface area contributed by atoms with Gasteiger partial charge in [-0.25, -0.2) is 9.97 Å². The van der Waals surface area contributed by atoms with Gasteiger partial charge in [-0.15, -0.1) is 0 Å². The number of nitrogen functional groups attached to an aromatic ring is 1. The van der Waals surface area contributed by atoms with E-state index in [-0.39, 0.29) is 0 Å². The van der Waals surface area contributed by atoms with Gasteiger partial charge in [0, 0.05) is 10.9 Å². The van der Waals surface area contributed by atoms with Gasteiger partial charge in [0.15, 0.2) is 5.82 Å². The quantitative estimate of drug-likeness (QED) is 0.773. The highest BCUT2D eigenvalue weighted by Gasteiger charge is 2.09. The Hall–Kier alpha value is -2.62. The van der Waals surface area contributed by atoms with E-state index >= 15 is 0 Å². The van der Waals surface area contributed by atoms with Gasteiger partial charge in [0.25, 0.3) is 0 Å². The Morgan fingerprint density at radius 2 is 1.75 bits per heavy atom. The Bertz CT molecular complexity index is 767. The summed E-state index contributed by atoms with van der Waals surface area (Å²) in [5.41, 5.74) is 8.94. The van der Waals surface area contributed by atoms with Crippen LogP contribution in [0.15, 0.2) is 42.5 Å². The number of benzene rings is 2. The highest BCUT2D eigenvalue weighted by molar-refractivity contribution is 5.92. The average molecular weight is 265 g/mol. The van der Waals surface area contributed by atoms with Crippen molar-refractivity contribution < 1.29 is 4.74 Å². The number of nitrogens with two attached hydrogens (primary N) is 1. The summed E-state index contributed by atoms with van der Waals surface area (Å²) in [6.45, 7) is 2.01. The van der Waals surface area contributed by atoms with Crippen LogP contribution in [0.2, 0.25) is 0 Å². The molecule has 0 amide bonds. The second kappa shape index (κ2) is 4.81. The zero-order valence-electron chi connectivity index (χ0n) is 11.4. The zero-order chi connectivity index (χ0) is 14.1. The first-order valence-electron chi connectivity index (χ1n) is 6.36. The van der Waals surface area contributed by atoms with Crippen LogP contribution in [-0.4, -0.2) is 17.1 Å². The number of anilines is 1. The summed E-state index contributed by atoms with van der Waals surface area (Å²) in [5.74, 6) is 1.94. The molecular formula is C16H15N3O. The van der Waals surface area contributed by atoms with Crippen molar-refractivity contribution in [2.75, 3.05) is 12.8 Å². The number of aryl methyl sites for hydroxylation is 1. The summed E-state index contributed by atoms with van der Waals surface area (Å²) in [5, 5.41) is 0.921. The maximum Gasteiger partial charge on any atom is 0.162 e. The fourth-order valence-corrected chi connectivity index (χ4v) is 2.26. The number of nitrogens with zero attached hydrogens (tertiary/aromatic N) is 2. The van der Waals surface area contributed by atoms with Crippen molar-refractivity contribution in [2.45, 2.75) is 6.92 Å². The maximum absolute atomic E-state index is 6.08. The first-order valence-corrected chi connectivity index (χ1v) is 6.36.